The quantitative estimate of drug-likeness (QED) is 0.609. The number of halogens is 1. The monoisotopic (exact) mass is 475 g/mol. The highest BCUT2D eigenvalue weighted by Gasteiger charge is 2.41. The Morgan fingerprint density at radius 2 is 2.00 bits per heavy atom. The van der Waals surface area contributed by atoms with Crippen molar-refractivity contribution in [2.24, 2.45) is 5.41 Å². The molecule has 2 aliphatic rings. The van der Waals surface area contributed by atoms with Crippen molar-refractivity contribution in [3.05, 3.63) is 46.8 Å². The Bertz CT molecular complexity index is 975. The molecular weight excluding hydrogens is 446 g/mol. The van der Waals surface area contributed by atoms with Gasteiger partial charge in [0.05, 0.1) is 19.8 Å². The van der Waals surface area contributed by atoms with Crippen LogP contribution in [0.25, 0.3) is 0 Å². The molecule has 2 amide bonds. The Balaban J connectivity index is 1.52. The van der Waals surface area contributed by atoms with E-state index >= 15 is 0 Å². The molecule has 0 N–H and O–H groups in total. The van der Waals surface area contributed by atoms with Crippen molar-refractivity contribution in [2.75, 3.05) is 46.0 Å². The third-order valence-electron chi connectivity index (χ3n) is 6.31. The lowest BCUT2D eigenvalue weighted by atomic mass is 9.77. The van der Waals surface area contributed by atoms with Crippen LogP contribution in [-0.2, 0) is 16.0 Å². The average molecular weight is 476 g/mol. The second kappa shape index (κ2) is 10.6. The van der Waals surface area contributed by atoms with Crippen LogP contribution in [0.3, 0.4) is 0 Å². The Morgan fingerprint density at radius 3 is 2.73 bits per heavy atom. The molecule has 0 saturated carbocycles. The lowest BCUT2D eigenvalue weighted by Gasteiger charge is -2.43. The van der Waals surface area contributed by atoms with Crippen LogP contribution in [0.5, 0.6) is 5.75 Å². The normalized spacial score (nSPS) is 21.2. The van der Waals surface area contributed by atoms with E-state index in [0.717, 1.165) is 12.8 Å². The van der Waals surface area contributed by atoms with E-state index in [1.54, 1.807) is 23.1 Å². The zero-order valence-electron chi connectivity index (χ0n) is 18.9. The number of piperidine rings is 1. The Morgan fingerprint density at radius 1 is 1.18 bits per heavy atom. The molecule has 33 heavy (non-hydrogen) atoms. The molecule has 2 aliphatic heterocycles. The molecule has 2 fully saturated rings. The SMILES string of the molecule is CCc1cc(C(=O)N2CCCC(COc3cccc(Cl)c3)(CC(=O)N3CCOCC3)C2)no1. The zero-order chi connectivity index (χ0) is 23.3. The molecule has 1 atom stereocenters. The molecule has 1 unspecified atom stereocenters. The van der Waals surface area contributed by atoms with Gasteiger partial charge in [-0.25, -0.2) is 0 Å². The first-order valence-electron chi connectivity index (χ1n) is 11.5. The standard InChI is InChI=1S/C24H30ClN3O5/c1-2-19-14-21(26-33-19)23(30)28-8-4-7-24(16-28,15-22(29)27-9-11-31-12-10-27)17-32-20-6-3-5-18(25)13-20/h3,5-6,13-14H,2,4,7-12,15-17H2,1H3. The number of carbonyl (C=O) groups is 2. The van der Waals surface area contributed by atoms with Crippen molar-refractivity contribution in [3.63, 3.8) is 0 Å². The number of amides is 2. The van der Waals surface area contributed by atoms with E-state index in [9.17, 15) is 9.59 Å². The van der Waals surface area contributed by atoms with Gasteiger partial charge in [0.15, 0.2) is 5.69 Å². The van der Waals surface area contributed by atoms with Crippen molar-refractivity contribution in [3.8, 4) is 5.75 Å². The number of benzene rings is 1. The summed E-state index contributed by atoms with van der Waals surface area (Å²) in [6.07, 6.45) is 2.54. The van der Waals surface area contributed by atoms with Gasteiger partial charge in [0.2, 0.25) is 5.91 Å². The van der Waals surface area contributed by atoms with E-state index in [0.29, 0.717) is 81.1 Å². The van der Waals surface area contributed by atoms with E-state index in [-0.39, 0.29) is 11.8 Å². The highest BCUT2D eigenvalue weighted by atomic mass is 35.5. The maximum atomic E-state index is 13.2. The zero-order valence-corrected chi connectivity index (χ0v) is 19.7. The third kappa shape index (κ3) is 5.86. The molecule has 178 valence electrons. The Labute approximate surface area is 198 Å². The largest absolute Gasteiger partial charge is 0.493 e. The predicted octanol–water partition coefficient (Wildman–Crippen LogP) is 3.44. The maximum Gasteiger partial charge on any atom is 0.276 e. The summed E-state index contributed by atoms with van der Waals surface area (Å²) < 4.78 is 16.7. The molecule has 0 radical (unpaired) electrons. The van der Waals surface area contributed by atoms with Crippen LogP contribution in [0.1, 0.15) is 42.4 Å². The molecule has 0 spiro atoms. The van der Waals surface area contributed by atoms with Crippen LogP contribution < -0.4 is 4.74 Å². The first-order valence-corrected chi connectivity index (χ1v) is 11.8. The molecule has 1 aromatic carbocycles. The van der Waals surface area contributed by atoms with E-state index in [4.69, 9.17) is 25.6 Å². The summed E-state index contributed by atoms with van der Waals surface area (Å²) in [5, 5.41) is 4.53. The van der Waals surface area contributed by atoms with Gasteiger partial charge >= 0.3 is 0 Å². The second-order valence-electron chi connectivity index (χ2n) is 8.78. The molecule has 0 aliphatic carbocycles. The van der Waals surface area contributed by atoms with Gasteiger partial charge in [0, 0.05) is 55.5 Å². The molecule has 2 aromatic rings. The number of likely N-dealkylation sites (tertiary alicyclic amines) is 1. The Hall–Kier alpha value is -2.58. The third-order valence-corrected chi connectivity index (χ3v) is 6.54. The number of nitrogens with zero attached hydrogens (tertiary/aromatic N) is 3. The number of rotatable bonds is 7. The fourth-order valence-electron chi connectivity index (χ4n) is 4.48. The van der Waals surface area contributed by atoms with Gasteiger partial charge in [-0.3, -0.25) is 9.59 Å². The molecular formula is C24H30ClN3O5. The van der Waals surface area contributed by atoms with Crippen molar-refractivity contribution in [1.29, 1.82) is 0 Å². The molecule has 4 rings (SSSR count). The first kappa shape index (κ1) is 23.6. The summed E-state index contributed by atoms with van der Waals surface area (Å²) in [6, 6.07) is 8.91. The summed E-state index contributed by atoms with van der Waals surface area (Å²) in [7, 11) is 0. The van der Waals surface area contributed by atoms with Crippen molar-refractivity contribution in [1.82, 2.24) is 15.0 Å². The first-order chi connectivity index (χ1) is 16.0. The average Bonchev–Trinajstić information content (AvgIpc) is 3.32. The van der Waals surface area contributed by atoms with Crippen LogP contribution in [0.4, 0.5) is 0 Å². The minimum absolute atomic E-state index is 0.0667. The fourth-order valence-corrected chi connectivity index (χ4v) is 4.66. The maximum absolute atomic E-state index is 13.2. The minimum Gasteiger partial charge on any atom is -0.493 e. The molecule has 0 bridgehead atoms. The number of aryl methyl sites for hydroxylation is 1. The van der Waals surface area contributed by atoms with Gasteiger partial charge in [-0.2, -0.15) is 0 Å². The van der Waals surface area contributed by atoms with Crippen molar-refractivity contribution in [2.45, 2.75) is 32.6 Å². The van der Waals surface area contributed by atoms with Crippen LogP contribution in [0.15, 0.2) is 34.9 Å². The highest BCUT2D eigenvalue weighted by molar-refractivity contribution is 6.30. The van der Waals surface area contributed by atoms with Gasteiger partial charge in [0.1, 0.15) is 11.5 Å². The molecule has 2 saturated heterocycles. The summed E-state index contributed by atoms with van der Waals surface area (Å²) >= 11 is 6.11. The minimum atomic E-state index is -0.511. The topological polar surface area (TPSA) is 85.1 Å². The van der Waals surface area contributed by atoms with E-state index in [2.05, 4.69) is 5.16 Å². The summed E-state index contributed by atoms with van der Waals surface area (Å²) in [5.41, 5.74) is -0.207. The lowest BCUT2D eigenvalue weighted by molar-refractivity contribution is -0.139. The van der Waals surface area contributed by atoms with Crippen LogP contribution in [-0.4, -0.2) is 72.8 Å². The van der Waals surface area contributed by atoms with Crippen molar-refractivity contribution >= 4 is 23.4 Å². The summed E-state index contributed by atoms with van der Waals surface area (Å²) in [6.45, 7) is 5.56. The van der Waals surface area contributed by atoms with Crippen LogP contribution in [0, 0.1) is 5.41 Å². The predicted molar refractivity (Wildman–Crippen MR) is 122 cm³/mol. The lowest BCUT2D eigenvalue weighted by Crippen LogP contribution is -2.52. The molecule has 1 aromatic heterocycles. The second-order valence-corrected chi connectivity index (χ2v) is 9.21. The number of aromatic nitrogens is 1. The number of hydrogen-bond donors (Lipinski definition) is 0. The number of carbonyl (C=O) groups excluding carboxylic acids is 2. The fraction of sp³-hybridized carbons (Fsp3) is 0.542. The van der Waals surface area contributed by atoms with Gasteiger partial charge in [-0.15, -0.1) is 0 Å². The summed E-state index contributed by atoms with van der Waals surface area (Å²) in [5.74, 6) is 1.21. The van der Waals surface area contributed by atoms with Crippen LogP contribution >= 0.6 is 11.6 Å². The van der Waals surface area contributed by atoms with Crippen molar-refractivity contribution < 1.29 is 23.6 Å². The van der Waals surface area contributed by atoms with E-state index in [1.165, 1.54) is 0 Å². The smallest absolute Gasteiger partial charge is 0.276 e. The summed E-state index contributed by atoms with van der Waals surface area (Å²) in [4.78, 5) is 30.0. The van der Waals surface area contributed by atoms with Gasteiger partial charge in [-0.1, -0.05) is 29.7 Å². The number of hydrogen-bond acceptors (Lipinski definition) is 6. The van der Waals surface area contributed by atoms with E-state index in [1.807, 2.05) is 24.0 Å². The molecule has 8 nitrogen and oxygen atoms in total. The van der Waals surface area contributed by atoms with Crippen LogP contribution in [0.2, 0.25) is 5.02 Å². The Kier molecular flexibility index (Phi) is 7.55. The van der Waals surface area contributed by atoms with E-state index < -0.39 is 5.41 Å². The van der Waals surface area contributed by atoms with Gasteiger partial charge in [-0.05, 0) is 31.0 Å². The molecule has 3 heterocycles. The number of morpholine rings is 1. The number of ether oxygens (including phenoxy) is 2. The van der Waals surface area contributed by atoms with Gasteiger partial charge < -0.3 is 23.8 Å². The van der Waals surface area contributed by atoms with Gasteiger partial charge in [0.25, 0.3) is 5.91 Å². The highest BCUT2D eigenvalue weighted by Crippen LogP contribution is 2.36. The molecule has 9 heteroatoms.